The van der Waals surface area contributed by atoms with E-state index in [9.17, 15) is 4.79 Å². The molecule has 1 aromatic rings. The first-order valence-electron chi connectivity index (χ1n) is 4.85. The summed E-state index contributed by atoms with van der Waals surface area (Å²) in [6.07, 6.45) is 1.69. The summed E-state index contributed by atoms with van der Waals surface area (Å²) < 4.78 is 5.12. The number of aromatic nitrogens is 1. The maximum absolute atomic E-state index is 11.7. The van der Waals surface area contributed by atoms with Crippen LogP contribution in [-0.2, 0) is 11.2 Å². The van der Waals surface area contributed by atoms with Gasteiger partial charge in [-0.05, 0) is 20.8 Å². The van der Waals surface area contributed by atoms with Crippen LogP contribution >= 0.6 is 0 Å². The molecule has 14 heavy (non-hydrogen) atoms. The Morgan fingerprint density at radius 2 is 2.14 bits per heavy atom. The SMILES string of the molecule is CCN(CC)C(=O)Cc1ocnc1C. The van der Waals surface area contributed by atoms with Crippen LogP contribution in [0.15, 0.2) is 10.8 Å². The summed E-state index contributed by atoms with van der Waals surface area (Å²) in [5, 5.41) is 0. The lowest BCUT2D eigenvalue weighted by Crippen LogP contribution is -2.31. The molecule has 1 amide bonds. The Balaban J connectivity index is 2.61. The van der Waals surface area contributed by atoms with Gasteiger partial charge in [-0.2, -0.15) is 0 Å². The molecule has 0 aliphatic heterocycles. The minimum atomic E-state index is 0.0925. The van der Waals surface area contributed by atoms with E-state index in [1.807, 2.05) is 20.8 Å². The van der Waals surface area contributed by atoms with Crippen molar-refractivity contribution >= 4 is 5.91 Å². The highest BCUT2D eigenvalue weighted by Crippen LogP contribution is 2.07. The summed E-state index contributed by atoms with van der Waals surface area (Å²) >= 11 is 0. The van der Waals surface area contributed by atoms with Crippen molar-refractivity contribution in [2.45, 2.75) is 27.2 Å². The lowest BCUT2D eigenvalue weighted by atomic mass is 10.2. The molecule has 4 nitrogen and oxygen atoms in total. The monoisotopic (exact) mass is 196 g/mol. The summed E-state index contributed by atoms with van der Waals surface area (Å²) in [6.45, 7) is 7.25. The topological polar surface area (TPSA) is 46.3 Å². The molecule has 0 aliphatic carbocycles. The molecule has 0 radical (unpaired) electrons. The van der Waals surface area contributed by atoms with Crippen LogP contribution in [0.4, 0.5) is 0 Å². The maximum atomic E-state index is 11.7. The molecule has 78 valence electrons. The minimum absolute atomic E-state index is 0.0925. The molecule has 1 rings (SSSR count). The van der Waals surface area contributed by atoms with Gasteiger partial charge in [0.15, 0.2) is 6.39 Å². The molecule has 0 saturated carbocycles. The van der Waals surface area contributed by atoms with Gasteiger partial charge >= 0.3 is 0 Å². The van der Waals surface area contributed by atoms with Gasteiger partial charge in [0, 0.05) is 13.1 Å². The summed E-state index contributed by atoms with van der Waals surface area (Å²) in [5.74, 6) is 0.761. The molecule has 0 bridgehead atoms. The number of carbonyl (C=O) groups is 1. The van der Waals surface area contributed by atoms with Crippen LogP contribution < -0.4 is 0 Å². The lowest BCUT2D eigenvalue weighted by Gasteiger charge is -2.17. The lowest BCUT2D eigenvalue weighted by molar-refractivity contribution is -0.130. The fourth-order valence-corrected chi connectivity index (χ4v) is 1.32. The van der Waals surface area contributed by atoms with Crippen molar-refractivity contribution < 1.29 is 9.21 Å². The average Bonchev–Trinajstić information content (AvgIpc) is 2.54. The van der Waals surface area contributed by atoms with Crippen LogP contribution in [0.2, 0.25) is 0 Å². The summed E-state index contributed by atoms with van der Waals surface area (Å²) in [4.78, 5) is 17.4. The minimum Gasteiger partial charge on any atom is -0.448 e. The van der Waals surface area contributed by atoms with Crippen LogP contribution in [0.25, 0.3) is 0 Å². The van der Waals surface area contributed by atoms with Crippen LogP contribution in [0, 0.1) is 6.92 Å². The van der Waals surface area contributed by atoms with Gasteiger partial charge in [-0.25, -0.2) is 4.98 Å². The standard InChI is InChI=1S/C10H16N2O2/c1-4-12(5-2)10(13)6-9-8(3)11-7-14-9/h7H,4-6H2,1-3H3. The number of nitrogens with zero attached hydrogens (tertiary/aromatic N) is 2. The molecular formula is C10H16N2O2. The van der Waals surface area contributed by atoms with Gasteiger partial charge in [0.2, 0.25) is 5.91 Å². The number of rotatable bonds is 4. The fraction of sp³-hybridized carbons (Fsp3) is 0.600. The Kier molecular flexibility index (Phi) is 3.68. The molecule has 0 spiro atoms. The molecule has 1 aromatic heterocycles. The Hall–Kier alpha value is -1.32. The third kappa shape index (κ3) is 2.34. The van der Waals surface area contributed by atoms with Gasteiger partial charge in [-0.15, -0.1) is 0 Å². The number of hydrogen-bond acceptors (Lipinski definition) is 3. The van der Waals surface area contributed by atoms with Crippen LogP contribution in [0.1, 0.15) is 25.3 Å². The van der Waals surface area contributed by atoms with Crippen molar-refractivity contribution in [2.24, 2.45) is 0 Å². The van der Waals surface area contributed by atoms with E-state index >= 15 is 0 Å². The Morgan fingerprint density at radius 3 is 2.57 bits per heavy atom. The van der Waals surface area contributed by atoms with E-state index in [0.717, 1.165) is 18.8 Å². The molecular weight excluding hydrogens is 180 g/mol. The Bertz CT molecular complexity index is 303. The first-order chi connectivity index (χ1) is 6.69. The molecule has 0 atom stereocenters. The largest absolute Gasteiger partial charge is 0.448 e. The highest BCUT2D eigenvalue weighted by Gasteiger charge is 2.14. The highest BCUT2D eigenvalue weighted by molar-refractivity contribution is 5.78. The third-order valence-electron chi connectivity index (χ3n) is 2.27. The maximum Gasteiger partial charge on any atom is 0.230 e. The summed E-state index contributed by atoms with van der Waals surface area (Å²) in [7, 11) is 0. The summed E-state index contributed by atoms with van der Waals surface area (Å²) in [5.41, 5.74) is 0.797. The second-order valence-electron chi connectivity index (χ2n) is 3.10. The molecule has 0 saturated heterocycles. The summed E-state index contributed by atoms with van der Waals surface area (Å²) in [6, 6.07) is 0. The van der Waals surface area contributed by atoms with Crippen molar-refractivity contribution in [1.29, 1.82) is 0 Å². The molecule has 0 unspecified atom stereocenters. The van der Waals surface area contributed by atoms with Crippen molar-refractivity contribution in [3.05, 3.63) is 17.8 Å². The number of likely N-dealkylation sites (N-methyl/N-ethyl adjacent to an activating group) is 1. The first-order valence-corrected chi connectivity index (χ1v) is 4.85. The van der Waals surface area contributed by atoms with Crippen molar-refractivity contribution in [3.63, 3.8) is 0 Å². The zero-order valence-corrected chi connectivity index (χ0v) is 8.91. The van der Waals surface area contributed by atoms with E-state index in [-0.39, 0.29) is 5.91 Å². The van der Waals surface area contributed by atoms with Gasteiger partial charge < -0.3 is 9.32 Å². The van der Waals surface area contributed by atoms with E-state index < -0.39 is 0 Å². The quantitative estimate of drug-likeness (QED) is 0.731. The van der Waals surface area contributed by atoms with Gasteiger partial charge in [0.1, 0.15) is 5.76 Å². The predicted molar refractivity (Wildman–Crippen MR) is 52.9 cm³/mol. The highest BCUT2D eigenvalue weighted by atomic mass is 16.3. The predicted octanol–water partition coefficient (Wildman–Crippen LogP) is 1.39. The second-order valence-corrected chi connectivity index (χ2v) is 3.10. The molecule has 0 N–H and O–H groups in total. The number of hydrogen-bond donors (Lipinski definition) is 0. The smallest absolute Gasteiger partial charge is 0.230 e. The molecule has 1 heterocycles. The van der Waals surface area contributed by atoms with E-state index in [0.29, 0.717) is 12.2 Å². The Morgan fingerprint density at radius 1 is 1.50 bits per heavy atom. The fourth-order valence-electron chi connectivity index (χ4n) is 1.32. The van der Waals surface area contributed by atoms with E-state index in [1.54, 1.807) is 4.90 Å². The third-order valence-corrected chi connectivity index (χ3v) is 2.27. The second kappa shape index (κ2) is 4.79. The molecule has 0 fully saturated rings. The van der Waals surface area contributed by atoms with Gasteiger partial charge in [0.05, 0.1) is 12.1 Å². The zero-order valence-electron chi connectivity index (χ0n) is 8.91. The normalized spacial score (nSPS) is 10.2. The van der Waals surface area contributed by atoms with Crippen LogP contribution in [0.5, 0.6) is 0 Å². The Labute approximate surface area is 83.9 Å². The van der Waals surface area contributed by atoms with Crippen molar-refractivity contribution in [1.82, 2.24) is 9.88 Å². The number of aryl methyl sites for hydroxylation is 1. The number of carbonyl (C=O) groups excluding carboxylic acids is 1. The molecule has 4 heteroatoms. The van der Waals surface area contributed by atoms with Crippen LogP contribution in [0.3, 0.4) is 0 Å². The first kappa shape index (κ1) is 10.8. The average molecular weight is 196 g/mol. The van der Waals surface area contributed by atoms with E-state index in [1.165, 1.54) is 6.39 Å². The molecule has 0 aliphatic rings. The van der Waals surface area contributed by atoms with Crippen molar-refractivity contribution in [3.8, 4) is 0 Å². The zero-order chi connectivity index (χ0) is 10.6. The number of amides is 1. The number of oxazole rings is 1. The van der Waals surface area contributed by atoms with E-state index in [2.05, 4.69) is 4.98 Å². The van der Waals surface area contributed by atoms with Crippen LogP contribution in [-0.4, -0.2) is 28.9 Å². The van der Waals surface area contributed by atoms with Gasteiger partial charge in [0.25, 0.3) is 0 Å². The van der Waals surface area contributed by atoms with Gasteiger partial charge in [-0.1, -0.05) is 0 Å². The van der Waals surface area contributed by atoms with Gasteiger partial charge in [-0.3, -0.25) is 4.79 Å². The van der Waals surface area contributed by atoms with E-state index in [4.69, 9.17) is 4.42 Å². The van der Waals surface area contributed by atoms with Crippen molar-refractivity contribution in [2.75, 3.05) is 13.1 Å². The molecule has 0 aromatic carbocycles.